The molecular weight excluding hydrogens is 443 g/mol. The molecule has 0 saturated carbocycles. The van der Waals surface area contributed by atoms with E-state index in [1.54, 1.807) is 23.2 Å². The Morgan fingerprint density at radius 3 is 2.50 bits per heavy atom. The second kappa shape index (κ2) is 8.11. The molecule has 4 rings (SSSR count). The predicted molar refractivity (Wildman–Crippen MR) is 116 cm³/mol. The zero-order chi connectivity index (χ0) is 23.0. The van der Waals surface area contributed by atoms with Gasteiger partial charge in [-0.3, -0.25) is 15.4 Å². The van der Waals surface area contributed by atoms with E-state index in [4.69, 9.17) is 0 Å². The van der Waals surface area contributed by atoms with Crippen LogP contribution in [0.4, 0.5) is 29.6 Å². The number of rotatable bonds is 4. The molecule has 0 aliphatic carbocycles. The summed E-state index contributed by atoms with van der Waals surface area (Å²) in [6.07, 6.45) is -4.40. The van der Waals surface area contributed by atoms with Gasteiger partial charge in [-0.15, -0.1) is 11.3 Å². The van der Waals surface area contributed by atoms with Crippen molar-refractivity contribution in [3.63, 3.8) is 0 Å². The van der Waals surface area contributed by atoms with Gasteiger partial charge in [-0.25, -0.2) is 20.2 Å². The second-order valence-electron chi connectivity index (χ2n) is 7.05. The number of anilines is 2. The van der Waals surface area contributed by atoms with Crippen LogP contribution in [0.3, 0.4) is 0 Å². The number of aromatic nitrogens is 4. The van der Waals surface area contributed by atoms with E-state index in [9.17, 15) is 18.0 Å². The normalized spacial score (nSPS) is 11.6. The summed E-state index contributed by atoms with van der Waals surface area (Å²) in [6.45, 7) is 3.84. The summed E-state index contributed by atoms with van der Waals surface area (Å²) in [5.41, 5.74) is 7.55. The molecule has 1 aromatic carbocycles. The van der Waals surface area contributed by atoms with E-state index in [0.29, 0.717) is 22.0 Å². The van der Waals surface area contributed by atoms with Gasteiger partial charge >= 0.3 is 12.2 Å². The van der Waals surface area contributed by atoms with Crippen molar-refractivity contribution >= 4 is 40.0 Å². The van der Waals surface area contributed by atoms with Gasteiger partial charge in [0.2, 0.25) is 0 Å². The van der Waals surface area contributed by atoms with E-state index in [2.05, 4.69) is 31.2 Å². The van der Waals surface area contributed by atoms with Gasteiger partial charge in [0.05, 0.1) is 11.3 Å². The number of fused-ring (bicyclic) bond motifs is 1. The van der Waals surface area contributed by atoms with Crippen molar-refractivity contribution in [1.82, 2.24) is 25.2 Å². The molecule has 0 atom stereocenters. The number of thiazole rings is 1. The first-order chi connectivity index (χ1) is 15.1. The minimum Gasteiger partial charge on any atom is -0.290 e. The van der Waals surface area contributed by atoms with Gasteiger partial charge in [0.25, 0.3) is 0 Å². The molecule has 3 N–H and O–H groups in total. The van der Waals surface area contributed by atoms with Gasteiger partial charge < -0.3 is 0 Å². The lowest BCUT2D eigenvalue weighted by Gasteiger charge is -2.09. The maximum absolute atomic E-state index is 12.7. The van der Waals surface area contributed by atoms with Crippen LogP contribution in [-0.4, -0.2) is 25.8 Å². The van der Waals surface area contributed by atoms with Crippen molar-refractivity contribution in [2.75, 3.05) is 10.7 Å². The standard InChI is InChI=1S/C20H18F3N7OS/c1-10-8-14(24-17-16(10)11(2)29-30(17)3)27-28-19(31)26-15-9-32-18(25-15)12-4-6-13(7-5-12)20(21,22)23/h4-9H,1-3H3,(H,24,27)(H2,26,28,31). The molecule has 3 aromatic heterocycles. The van der Waals surface area contributed by atoms with Crippen molar-refractivity contribution in [2.45, 2.75) is 20.0 Å². The Morgan fingerprint density at radius 2 is 1.81 bits per heavy atom. The summed E-state index contributed by atoms with van der Waals surface area (Å²) in [5.74, 6) is 0.711. The van der Waals surface area contributed by atoms with E-state index >= 15 is 0 Å². The first-order valence-electron chi connectivity index (χ1n) is 9.39. The van der Waals surface area contributed by atoms with E-state index in [0.717, 1.165) is 28.8 Å². The number of hydrazine groups is 1. The average molecular weight is 461 g/mol. The highest BCUT2D eigenvalue weighted by atomic mass is 32.1. The fourth-order valence-corrected chi connectivity index (χ4v) is 4.02. The lowest BCUT2D eigenvalue weighted by Crippen LogP contribution is -2.34. The van der Waals surface area contributed by atoms with Crippen molar-refractivity contribution in [3.05, 3.63) is 52.5 Å². The molecule has 0 radical (unpaired) electrons. The van der Waals surface area contributed by atoms with Crippen LogP contribution >= 0.6 is 11.3 Å². The third-order valence-electron chi connectivity index (χ3n) is 4.67. The van der Waals surface area contributed by atoms with Gasteiger partial charge in [-0.2, -0.15) is 18.3 Å². The van der Waals surface area contributed by atoms with Gasteiger partial charge in [-0.1, -0.05) is 12.1 Å². The van der Waals surface area contributed by atoms with Crippen LogP contribution in [0.2, 0.25) is 0 Å². The lowest BCUT2D eigenvalue weighted by atomic mass is 10.1. The maximum atomic E-state index is 12.7. The van der Waals surface area contributed by atoms with Gasteiger partial charge in [0, 0.05) is 23.4 Å². The summed E-state index contributed by atoms with van der Waals surface area (Å²) in [5, 5.41) is 9.96. The number of amides is 2. The number of benzene rings is 1. The average Bonchev–Trinajstić information content (AvgIpc) is 3.30. The van der Waals surface area contributed by atoms with E-state index in [-0.39, 0.29) is 5.82 Å². The second-order valence-corrected chi connectivity index (χ2v) is 7.91. The molecule has 12 heteroatoms. The van der Waals surface area contributed by atoms with Crippen LogP contribution < -0.4 is 16.2 Å². The largest absolute Gasteiger partial charge is 0.416 e. The minimum absolute atomic E-state index is 0.269. The summed E-state index contributed by atoms with van der Waals surface area (Å²) in [6, 6.07) is 5.90. The highest BCUT2D eigenvalue weighted by molar-refractivity contribution is 7.13. The van der Waals surface area contributed by atoms with Crippen LogP contribution in [0.15, 0.2) is 35.7 Å². The molecule has 8 nitrogen and oxygen atoms in total. The number of carbonyl (C=O) groups excluding carboxylic acids is 1. The van der Waals surface area contributed by atoms with Gasteiger partial charge in [-0.05, 0) is 37.6 Å². The molecule has 166 valence electrons. The van der Waals surface area contributed by atoms with Crippen LogP contribution in [-0.2, 0) is 13.2 Å². The lowest BCUT2D eigenvalue weighted by molar-refractivity contribution is -0.137. The quantitative estimate of drug-likeness (QED) is 0.377. The third-order valence-corrected chi connectivity index (χ3v) is 5.57. The SMILES string of the molecule is Cc1cc(NNC(=O)Nc2csc(-c3ccc(C(F)(F)F)cc3)n2)nc2c1c(C)nn2C. The smallest absolute Gasteiger partial charge is 0.290 e. The van der Waals surface area contributed by atoms with Crippen molar-refractivity contribution < 1.29 is 18.0 Å². The Kier molecular flexibility index (Phi) is 5.46. The monoisotopic (exact) mass is 461 g/mol. The number of urea groups is 1. The van der Waals surface area contributed by atoms with Crippen LogP contribution in [0.1, 0.15) is 16.8 Å². The van der Waals surface area contributed by atoms with E-state index in [1.165, 1.54) is 23.5 Å². The molecule has 0 bridgehead atoms. The number of nitrogens with zero attached hydrogens (tertiary/aromatic N) is 4. The number of alkyl halides is 3. The van der Waals surface area contributed by atoms with Gasteiger partial charge in [0.1, 0.15) is 16.6 Å². The highest BCUT2D eigenvalue weighted by Crippen LogP contribution is 2.32. The third kappa shape index (κ3) is 4.35. The predicted octanol–water partition coefficient (Wildman–Crippen LogP) is 4.88. The fraction of sp³-hybridized carbons (Fsp3) is 0.200. The first kappa shape index (κ1) is 21.6. The Hall–Kier alpha value is -3.67. The van der Waals surface area contributed by atoms with Crippen LogP contribution in [0, 0.1) is 13.8 Å². The fourth-order valence-electron chi connectivity index (χ4n) is 3.26. The number of halogens is 3. The molecular formula is C20H18F3N7OS. The van der Waals surface area contributed by atoms with Gasteiger partial charge in [0.15, 0.2) is 5.65 Å². The number of hydrogen-bond donors (Lipinski definition) is 3. The summed E-state index contributed by atoms with van der Waals surface area (Å²) < 4.78 is 39.8. The molecule has 3 heterocycles. The Bertz CT molecular complexity index is 1300. The van der Waals surface area contributed by atoms with Crippen molar-refractivity contribution in [2.24, 2.45) is 7.05 Å². The first-order valence-corrected chi connectivity index (χ1v) is 10.3. The number of aryl methyl sites for hydroxylation is 3. The maximum Gasteiger partial charge on any atom is 0.416 e. The Balaban J connectivity index is 1.40. The molecule has 0 unspecified atom stereocenters. The summed E-state index contributed by atoms with van der Waals surface area (Å²) >= 11 is 1.20. The minimum atomic E-state index is -4.40. The van der Waals surface area contributed by atoms with Crippen LogP contribution in [0.25, 0.3) is 21.6 Å². The molecule has 0 aliphatic rings. The number of carbonyl (C=O) groups is 1. The number of nitrogens with one attached hydrogen (secondary N) is 3. The number of hydrogen-bond acceptors (Lipinski definition) is 6. The molecule has 0 fully saturated rings. The highest BCUT2D eigenvalue weighted by Gasteiger charge is 2.30. The molecule has 0 aliphatic heterocycles. The zero-order valence-corrected chi connectivity index (χ0v) is 18.0. The summed E-state index contributed by atoms with van der Waals surface area (Å²) in [7, 11) is 1.79. The number of pyridine rings is 1. The molecule has 32 heavy (non-hydrogen) atoms. The van der Waals surface area contributed by atoms with Crippen molar-refractivity contribution in [1.29, 1.82) is 0 Å². The topological polar surface area (TPSA) is 96.8 Å². The van der Waals surface area contributed by atoms with E-state index < -0.39 is 17.8 Å². The van der Waals surface area contributed by atoms with Crippen LogP contribution in [0.5, 0.6) is 0 Å². The molecule has 0 spiro atoms. The Labute approximate surface area is 184 Å². The van der Waals surface area contributed by atoms with Crippen molar-refractivity contribution in [3.8, 4) is 10.6 Å². The summed E-state index contributed by atoms with van der Waals surface area (Å²) in [4.78, 5) is 20.9. The molecule has 4 aromatic rings. The molecule has 2 amide bonds. The Morgan fingerprint density at radius 1 is 1.09 bits per heavy atom. The zero-order valence-electron chi connectivity index (χ0n) is 17.2. The van der Waals surface area contributed by atoms with E-state index in [1.807, 2.05) is 13.8 Å². The molecule has 0 saturated heterocycles.